The van der Waals surface area contributed by atoms with Crippen molar-refractivity contribution in [1.29, 1.82) is 0 Å². The Morgan fingerprint density at radius 3 is 2.12 bits per heavy atom. The molecule has 0 radical (unpaired) electrons. The van der Waals surface area contributed by atoms with Crippen LogP contribution in [0.3, 0.4) is 0 Å². The Morgan fingerprint density at radius 2 is 1.71 bits per heavy atom. The molecule has 0 saturated heterocycles. The summed E-state index contributed by atoms with van der Waals surface area (Å²) < 4.78 is 0. The summed E-state index contributed by atoms with van der Waals surface area (Å²) in [4.78, 5) is 22.8. The number of aliphatic carboxylic acids is 1. The van der Waals surface area contributed by atoms with E-state index in [4.69, 9.17) is 5.11 Å². The van der Waals surface area contributed by atoms with E-state index in [0.29, 0.717) is 0 Å². The number of hydrogen-bond acceptors (Lipinski definition) is 3. The first-order valence-electron chi connectivity index (χ1n) is 5.90. The van der Waals surface area contributed by atoms with Crippen molar-refractivity contribution in [3.63, 3.8) is 0 Å². The summed E-state index contributed by atoms with van der Waals surface area (Å²) in [5, 5.41) is 14.9. The molecular weight excluding hydrogens is 220 g/mol. The Bertz CT molecular complexity index is 285. The van der Waals surface area contributed by atoms with E-state index in [-0.39, 0.29) is 12.5 Å². The van der Waals surface area contributed by atoms with Crippen molar-refractivity contribution in [3.05, 3.63) is 0 Å². The molecule has 0 rings (SSSR count). The predicted molar refractivity (Wildman–Crippen MR) is 66.8 cm³/mol. The first kappa shape index (κ1) is 15.9. The maximum absolute atomic E-state index is 11.6. The summed E-state index contributed by atoms with van der Waals surface area (Å²) in [6.45, 7) is 9.66. The molecule has 0 atom stereocenters. The molecule has 0 aromatic rings. The van der Waals surface area contributed by atoms with E-state index in [1.165, 1.54) is 0 Å². The van der Waals surface area contributed by atoms with Gasteiger partial charge in [-0.15, -0.1) is 0 Å². The zero-order valence-corrected chi connectivity index (χ0v) is 11.4. The van der Waals surface area contributed by atoms with Gasteiger partial charge in [0.1, 0.15) is 0 Å². The van der Waals surface area contributed by atoms with Crippen molar-refractivity contribution in [2.24, 2.45) is 5.41 Å². The van der Waals surface area contributed by atoms with E-state index in [0.717, 1.165) is 13.0 Å². The summed E-state index contributed by atoms with van der Waals surface area (Å²) in [5.74, 6) is -1.11. The van der Waals surface area contributed by atoms with Crippen LogP contribution in [0.4, 0.5) is 0 Å². The average Bonchev–Trinajstić information content (AvgIpc) is 2.16. The van der Waals surface area contributed by atoms with Crippen molar-refractivity contribution >= 4 is 11.9 Å². The van der Waals surface area contributed by atoms with Crippen LogP contribution in [0.5, 0.6) is 0 Å². The minimum atomic E-state index is -1.02. The van der Waals surface area contributed by atoms with E-state index in [9.17, 15) is 9.59 Å². The van der Waals surface area contributed by atoms with Gasteiger partial charge in [0.25, 0.3) is 0 Å². The third kappa shape index (κ3) is 4.34. The number of hydrogen-bond donors (Lipinski definition) is 3. The Labute approximate surface area is 103 Å². The number of rotatable bonds is 7. The fourth-order valence-electron chi connectivity index (χ4n) is 1.20. The van der Waals surface area contributed by atoms with Gasteiger partial charge in [-0.1, -0.05) is 6.92 Å². The van der Waals surface area contributed by atoms with Gasteiger partial charge in [-0.25, -0.2) is 0 Å². The molecule has 1 amide bonds. The first-order valence-corrected chi connectivity index (χ1v) is 5.90. The number of carbonyl (C=O) groups excluding carboxylic acids is 1. The van der Waals surface area contributed by atoms with E-state index in [2.05, 4.69) is 10.6 Å². The highest BCUT2D eigenvalue weighted by atomic mass is 16.4. The van der Waals surface area contributed by atoms with E-state index in [1.807, 2.05) is 6.92 Å². The largest absolute Gasteiger partial charge is 0.481 e. The van der Waals surface area contributed by atoms with Crippen LogP contribution in [0.25, 0.3) is 0 Å². The lowest BCUT2D eigenvalue weighted by Gasteiger charge is -2.38. The lowest BCUT2D eigenvalue weighted by Crippen LogP contribution is -2.58. The molecule has 100 valence electrons. The monoisotopic (exact) mass is 244 g/mol. The van der Waals surface area contributed by atoms with E-state index >= 15 is 0 Å². The van der Waals surface area contributed by atoms with Gasteiger partial charge in [0.15, 0.2) is 0 Å². The zero-order chi connectivity index (χ0) is 13.7. The zero-order valence-electron chi connectivity index (χ0n) is 11.4. The van der Waals surface area contributed by atoms with E-state index < -0.39 is 16.9 Å². The number of carboxylic acid groups (broad SMARTS) is 1. The second-order valence-electron chi connectivity index (χ2n) is 5.28. The number of carbonyl (C=O) groups is 2. The molecule has 0 aliphatic carbocycles. The fraction of sp³-hybridized carbons (Fsp3) is 0.833. The van der Waals surface area contributed by atoms with Crippen LogP contribution in [0.1, 0.15) is 41.0 Å². The van der Waals surface area contributed by atoms with Crippen LogP contribution in [0.2, 0.25) is 0 Å². The minimum absolute atomic E-state index is 0.183. The Morgan fingerprint density at radius 1 is 1.18 bits per heavy atom. The Kier molecular flexibility index (Phi) is 5.61. The van der Waals surface area contributed by atoms with Gasteiger partial charge in [0.2, 0.25) is 5.91 Å². The third-order valence-corrected chi connectivity index (χ3v) is 3.26. The average molecular weight is 244 g/mol. The van der Waals surface area contributed by atoms with Crippen molar-refractivity contribution in [2.45, 2.75) is 46.6 Å². The van der Waals surface area contributed by atoms with Crippen molar-refractivity contribution < 1.29 is 14.7 Å². The maximum Gasteiger partial charge on any atom is 0.311 e. The lowest BCUT2D eigenvalue weighted by atomic mass is 9.74. The molecule has 3 N–H and O–H groups in total. The molecule has 0 spiro atoms. The minimum Gasteiger partial charge on any atom is -0.481 e. The van der Waals surface area contributed by atoms with Gasteiger partial charge in [0, 0.05) is 0 Å². The molecule has 0 aliphatic rings. The highest BCUT2D eigenvalue weighted by molar-refractivity contribution is 5.81. The van der Waals surface area contributed by atoms with Gasteiger partial charge >= 0.3 is 5.97 Å². The second kappa shape index (κ2) is 6.00. The van der Waals surface area contributed by atoms with Crippen LogP contribution in [-0.4, -0.2) is 35.6 Å². The number of nitrogens with one attached hydrogen (secondary N) is 2. The standard InChI is InChI=1S/C12H24N2O3/c1-6-7-13-8-9(15)14-12(4,5)11(2,3)10(16)17/h13H,6-8H2,1-5H3,(H,14,15)(H,16,17). The molecule has 5 nitrogen and oxygen atoms in total. The van der Waals surface area contributed by atoms with Crippen molar-refractivity contribution in [2.75, 3.05) is 13.1 Å². The molecule has 17 heavy (non-hydrogen) atoms. The van der Waals surface area contributed by atoms with E-state index in [1.54, 1.807) is 27.7 Å². The summed E-state index contributed by atoms with van der Waals surface area (Å²) in [5.41, 5.74) is -1.82. The predicted octanol–water partition coefficient (Wildman–Crippen LogP) is 0.992. The molecule has 0 fully saturated rings. The van der Waals surface area contributed by atoms with Gasteiger partial charge in [0.05, 0.1) is 17.5 Å². The van der Waals surface area contributed by atoms with Crippen LogP contribution >= 0.6 is 0 Å². The molecule has 5 heteroatoms. The Balaban J connectivity index is 4.44. The topological polar surface area (TPSA) is 78.4 Å². The molecular formula is C12H24N2O3. The van der Waals surface area contributed by atoms with Crippen molar-refractivity contribution in [3.8, 4) is 0 Å². The van der Waals surface area contributed by atoms with Gasteiger partial charge in [-0.05, 0) is 40.7 Å². The fourth-order valence-corrected chi connectivity index (χ4v) is 1.20. The summed E-state index contributed by atoms with van der Waals surface area (Å²) >= 11 is 0. The first-order chi connectivity index (χ1) is 7.65. The highest BCUT2D eigenvalue weighted by Crippen LogP contribution is 2.30. The maximum atomic E-state index is 11.6. The second-order valence-corrected chi connectivity index (χ2v) is 5.28. The lowest BCUT2D eigenvalue weighted by molar-refractivity contribution is -0.151. The third-order valence-electron chi connectivity index (χ3n) is 3.26. The number of amides is 1. The molecule has 0 bridgehead atoms. The molecule has 0 aromatic heterocycles. The molecule has 0 aliphatic heterocycles. The molecule has 0 saturated carbocycles. The molecule has 0 heterocycles. The SMILES string of the molecule is CCCNCC(=O)NC(C)(C)C(C)(C)C(=O)O. The summed E-state index contributed by atoms with van der Waals surface area (Å²) in [6, 6.07) is 0. The van der Waals surface area contributed by atoms with Gasteiger partial charge < -0.3 is 15.7 Å². The molecule has 0 aromatic carbocycles. The normalized spacial score (nSPS) is 12.3. The Hall–Kier alpha value is -1.10. The van der Waals surface area contributed by atoms with Crippen LogP contribution < -0.4 is 10.6 Å². The van der Waals surface area contributed by atoms with Gasteiger partial charge in [-0.2, -0.15) is 0 Å². The van der Waals surface area contributed by atoms with Crippen LogP contribution in [0, 0.1) is 5.41 Å². The van der Waals surface area contributed by atoms with Gasteiger partial charge in [-0.3, -0.25) is 9.59 Å². The number of carboxylic acids is 1. The van der Waals surface area contributed by atoms with Crippen LogP contribution in [-0.2, 0) is 9.59 Å². The smallest absolute Gasteiger partial charge is 0.311 e. The highest BCUT2D eigenvalue weighted by Gasteiger charge is 2.44. The van der Waals surface area contributed by atoms with Crippen LogP contribution in [0.15, 0.2) is 0 Å². The summed E-state index contributed by atoms with van der Waals surface area (Å²) in [6.07, 6.45) is 0.956. The molecule has 0 unspecified atom stereocenters. The summed E-state index contributed by atoms with van der Waals surface area (Å²) in [7, 11) is 0. The quantitative estimate of drug-likeness (QED) is 0.584. The van der Waals surface area contributed by atoms with Crippen molar-refractivity contribution in [1.82, 2.24) is 10.6 Å².